The predicted molar refractivity (Wildman–Crippen MR) is 136 cm³/mol. The summed E-state index contributed by atoms with van der Waals surface area (Å²) in [5.41, 5.74) is 1.27. The van der Waals surface area contributed by atoms with Crippen LogP contribution in [0.4, 0.5) is 0 Å². The van der Waals surface area contributed by atoms with E-state index in [-0.39, 0.29) is 30.1 Å². The van der Waals surface area contributed by atoms with Gasteiger partial charge in [-0.25, -0.2) is 4.98 Å². The molecule has 4 unspecified atom stereocenters. The molecule has 0 amide bonds. The molecule has 2 fully saturated rings. The normalized spacial score (nSPS) is 26.9. The Hall–Kier alpha value is -1.61. The summed E-state index contributed by atoms with van der Waals surface area (Å²) in [5, 5.41) is 3.54. The molecular formula is C24H36IN5O. The summed E-state index contributed by atoms with van der Waals surface area (Å²) >= 11 is 0. The van der Waals surface area contributed by atoms with Gasteiger partial charge in [0.2, 0.25) is 0 Å². The van der Waals surface area contributed by atoms with E-state index in [2.05, 4.69) is 70.1 Å². The van der Waals surface area contributed by atoms with Crippen LogP contribution in [0.15, 0.2) is 54.0 Å². The molecule has 0 radical (unpaired) electrons. The van der Waals surface area contributed by atoms with Crippen molar-refractivity contribution in [3.8, 4) is 0 Å². The van der Waals surface area contributed by atoms with Crippen molar-refractivity contribution < 1.29 is 4.74 Å². The monoisotopic (exact) mass is 537 g/mol. The number of nitrogens with one attached hydrogen (secondary N) is 1. The van der Waals surface area contributed by atoms with Crippen molar-refractivity contribution in [3.05, 3.63) is 54.6 Å². The van der Waals surface area contributed by atoms with E-state index in [0.29, 0.717) is 17.9 Å². The van der Waals surface area contributed by atoms with Gasteiger partial charge in [-0.1, -0.05) is 37.3 Å². The van der Waals surface area contributed by atoms with Crippen LogP contribution < -0.4 is 5.32 Å². The number of imidazole rings is 1. The van der Waals surface area contributed by atoms with Crippen LogP contribution in [0.1, 0.15) is 50.8 Å². The lowest BCUT2D eigenvalue weighted by Gasteiger charge is -2.39. The van der Waals surface area contributed by atoms with Gasteiger partial charge in [-0.05, 0) is 37.7 Å². The van der Waals surface area contributed by atoms with Crippen molar-refractivity contribution in [2.24, 2.45) is 16.8 Å². The molecule has 0 spiro atoms. The molecule has 0 aliphatic carbocycles. The number of guanidine groups is 1. The fourth-order valence-electron chi connectivity index (χ4n) is 4.77. The van der Waals surface area contributed by atoms with E-state index in [4.69, 9.17) is 9.73 Å². The minimum absolute atomic E-state index is 0. The molecule has 3 heterocycles. The fourth-order valence-corrected chi connectivity index (χ4v) is 4.77. The zero-order chi connectivity index (χ0) is 20.8. The van der Waals surface area contributed by atoms with Crippen LogP contribution in [0.25, 0.3) is 0 Å². The summed E-state index contributed by atoms with van der Waals surface area (Å²) in [6, 6.07) is 11.1. The third-order valence-corrected chi connectivity index (χ3v) is 6.51. The van der Waals surface area contributed by atoms with Crippen molar-refractivity contribution >= 4 is 29.9 Å². The molecule has 1 N–H and O–H groups in total. The number of hydrogen-bond acceptors (Lipinski definition) is 3. The van der Waals surface area contributed by atoms with Crippen LogP contribution in [0.2, 0.25) is 0 Å². The lowest BCUT2D eigenvalue weighted by Crippen LogP contribution is -2.49. The summed E-state index contributed by atoms with van der Waals surface area (Å²) < 4.78 is 8.43. The third kappa shape index (κ3) is 6.00. The molecule has 2 aromatic rings. The van der Waals surface area contributed by atoms with Gasteiger partial charge in [0.05, 0.1) is 18.5 Å². The maximum absolute atomic E-state index is 6.18. The second-order valence-corrected chi connectivity index (χ2v) is 8.59. The van der Waals surface area contributed by atoms with Crippen LogP contribution in [-0.2, 0) is 4.74 Å². The first-order valence-electron chi connectivity index (χ1n) is 11.4. The van der Waals surface area contributed by atoms with Crippen molar-refractivity contribution in [1.82, 2.24) is 19.8 Å². The highest BCUT2D eigenvalue weighted by molar-refractivity contribution is 14.0. The first-order valence-corrected chi connectivity index (χ1v) is 11.4. The standard InChI is InChI=1S/C24H35N5O.HI/c1-3-26-24(28-13-11-19(2)22(17-28)29-14-12-25-18-29)27-16-21-10-7-15-30-23(21)20-8-5-4-6-9-20;/h4-6,8-9,12,14,18-19,21-23H,3,7,10-11,13,15-17H2,1-2H3,(H,26,27);1H. The summed E-state index contributed by atoms with van der Waals surface area (Å²) in [5.74, 6) is 2.09. The minimum Gasteiger partial charge on any atom is -0.373 e. The van der Waals surface area contributed by atoms with E-state index in [0.717, 1.165) is 58.0 Å². The lowest BCUT2D eigenvalue weighted by molar-refractivity contribution is -0.0251. The number of halogens is 1. The second-order valence-electron chi connectivity index (χ2n) is 8.59. The van der Waals surface area contributed by atoms with Gasteiger partial charge in [0.25, 0.3) is 0 Å². The van der Waals surface area contributed by atoms with E-state index in [9.17, 15) is 0 Å². The molecule has 31 heavy (non-hydrogen) atoms. The maximum atomic E-state index is 6.18. The Morgan fingerprint density at radius 3 is 2.84 bits per heavy atom. The number of benzene rings is 1. The van der Waals surface area contributed by atoms with Gasteiger partial charge in [0, 0.05) is 51.1 Å². The molecule has 2 saturated heterocycles. The van der Waals surface area contributed by atoms with E-state index < -0.39 is 0 Å². The van der Waals surface area contributed by atoms with Crippen LogP contribution in [-0.4, -0.2) is 53.2 Å². The first kappa shape index (κ1) is 24.0. The number of hydrogen-bond donors (Lipinski definition) is 1. The van der Waals surface area contributed by atoms with Gasteiger partial charge in [-0.15, -0.1) is 24.0 Å². The van der Waals surface area contributed by atoms with Crippen molar-refractivity contribution in [2.75, 3.05) is 32.8 Å². The fraction of sp³-hybridized carbons (Fsp3) is 0.583. The molecule has 1 aromatic carbocycles. The van der Waals surface area contributed by atoms with Gasteiger partial charge in [0.1, 0.15) is 0 Å². The minimum atomic E-state index is 0. The number of aromatic nitrogens is 2. The first-order chi connectivity index (χ1) is 14.8. The van der Waals surface area contributed by atoms with Gasteiger partial charge < -0.3 is 19.5 Å². The number of ether oxygens (including phenoxy) is 1. The SMILES string of the molecule is CCNC(=NCC1CCCOC1c1ccccc1)N1CCC(C)C(n2ccnc2)C1.I. The second kappa shape index (κ2) is 11.9. The van der Waals surface area contributed by atoms with Crippen LogP contribution >= 0.6 is 24.0 Å². The topological polar surface area (TPSA) is 54.7 Å². The molecule has 4 rings (SSSR count). The smallest absolute Gasteiger partial charge is 0.193 e. The highest BCUT2D eigenvalue weighted by Crippen LogP contribution is 2.34. The number of nitrogens with zero attached hydrogens (tertiary/aromatic N) is 4. The molecule has 6 nitrogen and oxygen atoms in total. The van der Waals surface area contributed by atoms with Crippen LogP contribution in [0.3, 0.4) is 0 Å². The van der Waals surface area contributed by atoms with E-state index >= 15 is 0 Å². The summed E-state index contributed by atoms with van der Waals surface area (Å²) in [4.78, 5) is 11.8. The number of rotatable bonds is 5. The van der Waals surface area contributed by atoms with Crippen molar-refractivity contribution in [2.45, 2.75) is 45.3 Å². The van der Waals surface area contributed by atoms with Gasteiger partial charge >= 0.3 is 0 Å². The van der Waals surface area contributed by atoms with E-state index in [1.54, 1.807) is 0 Å². The Labute approximate surface area is 203 Å². The number of likely N-dealkylation sites (tertiary alicyclic amines) is 1. The van der Waals surface area contributed by atoms with Crippen LogP contribution in [0, 0.1) is 11.8 Å². The quantitative estimate of drug-likeness (QED) is 0.347. The molecule has 1 aromatic heterocycles. The van der Waals surface area contributed by atoms with Gasteiger partial charge in [-0.3, -0.25) is 4.99 Å². The average Bonchev–Trinajstić information content (AvgIpc) is 3.33. The van der Waals surface area contributed by atoms with E-state index in [1.807, 2.05) is 12.5 Å². The van der Waals surface area contributed by atoms with Crippen molar-refractivity contribution in [1.29, 1.82) is 0 Å². The molecule has 2 aliphatic heterocycles. The third-order valence-electron chi connectivity index (χ3n) is 6.51. The zero-order valence-corrected chi connectivity index (χ0v) is 21.0. The molecule has 4 atom stereocenters. The molecule has 170 valence electrons. The Morgan fingerprint density at radius 1 is 1.26 bits per heavy atom. The Balaban J connectivity index is 0.00000272. The maximum Gasteiger partial charge on any atom is 0.193 e. The lowest BCUT2D eigenvalue weighted by atomic mass is 9.89. The highest BCUT2D eigenvalue weighted by Gasteiger charge is 2.30. The van der Waals surface area contributed by atoms with Gasteiger partial charge in [0.15, 0.2) is 5.96 Å². The molecule has 0 saturated carbocycles. The largest absolute Gasteiger partial charge is 0.373 e. The summed E-state index contributed by atoms with van der Waals surface area (Å²) in [7, 11) is 0. The molecular weight excluding hydrogens is 501 g/mol. The molecule has 0 bridgehead atoms. The average molecular weight is 537 g/mol. The highest BCUT2D eigenvalue weighted by atomic mass is 127. The van der Waals surface area contributed by atoms with E-state index in [1.165, 1.54) is 5.56 Å². The Morgan fingerprint density at radius 2 is 2.10 bits per heavy atom. The predicted octanol–water partition coefficient (Wildman–Crippen LogP) is 4.52. The summed E-state index contributed by atoms with van der Waals surface area (Å²) in [6.45, 7) is 9.01. The molecule has 7 heteroatoms. The van der Waals surface area contributed by atoms with Gasteiger partial charge in [-0.2, -0.15) is 0 Å². The summed E-state index contributed by atoms with van der Waals surface area (Å²) in [6.07, 6.45) is 9.48. The zero-order valence-electron chi connectivity index (χ0n) is 18.7. The van der Waals surface area contributed by atoms with Crippen LogP contribution in [0.5, 0.6) is 0 Å². The van der Waals surface area contributed by atoms with Crippen molar-refractivity contribution in [3.63, 3.8) is 0 Å². The Kier molecular flexibility index (Phi) is 9.19. The number of piperidine rings is 1. The molecule has 2 aliphatic rings. The number of aliphatic imine (C=N–C) groups is 1. The Bertz CT molecular complexity index is 798.